The number of amides is 1. The van der Waals surface area contributed by atoms with Gasteiger partial charge in [-0.1, -0.05) is 18.2 Å². The van der Waals surface area contributed by atoms with Gasteiger partial charge in [0.25, 0.3) is 11.6 Å². The highest BCUT2D eigenvalue weighted by molar-refractivity contribution is 6.05. The van der Waals surface area contributed by atoms with Gasteiger partial charge in [0.2, 0.25) is 0 Å². The van der Waals surface area contributed by atoms with Crippen LogP contribution in [-0.4, -0.2) is 40.5 Å². The Hall–Kier alpha value is -4.86. The number of non-ortho nitro benzene ring substituents is 1. The van der Waals surface area contributed by atoms with Crippen LogP contribution in [0.25, 0.3) is 22.2 Å². The zero-order valence-corrected chi connectivity index (χ0v) is 17.9. The lowest BCUT2D eigenvalue weighted by atomic mass is 10.0. The summed E-state index contributed by atoms with van der Waals surface area (Å²) in [7, 11) is 1.32. The zero-order valence-electron chi connectivity index (χ0n) is 17.9. The Morgan fingerprint density at radius 2 is 1.82 bits per heavy atom. The number of nitrogens with zero attached hydrogens (tertiary/aromatic N) is 3. The van der Waals surface area contributed by atoms with Gasteiger partial charge in [-0.25, -0.2) is 9.78 Å². The second-order valence-electron chi connectivity index (χ2n) is 7.07. The van der Waals surface area contributed by atoms with Gasteiger partial charge in [-0.3, -0.25) is 19.9 Å². The normalized spacial score (nSPS) is 10.5. The number of nitrogens with one attached hydrogen (secondary N) is 1. The topological polar surface area (TPSA) is 134 Å². The Morgan fingerprint density at radius 1 is 1.06 bits per heavy atom. The summed E-state index contributed by atoms with van der Waals surface area (Å²) in [6.07, 6.45) is 3.25. The van der Waals surface area contributed by atoms with E-state index >= 15 is 0 Å². The second kappa shape index (κ2) is 9.74. The number of fused-ring (bicyclic) bond motifs is 1. The number of benzene rings is 2. The minimum atomic E-state index is -0.695. The monoisotopic (exact) mass is 458 g/mol. The van der Waals surface area contributed by atoms with Crippen molar-refractivity contribution in [3.05, 3.63) is 88.7 Å². The van der Waals surface area contributed by atoms with Crippen molar-refractivity contribution in [1.29, 1.82) is 0 Å². The van der Waals surface area contributed by atoms with Gasteiger partial charge in [0.05, 0.1) is 40.6 Å². The van der Waals surface area contributed by atoms with E-state index in [-0.39, 0.29) is 22.7 Å². The molecule has 0 unspecified atom stereocenters. The zero-order chi connectivity index (χ0) is 24.1. The van der Waals surface area contributed by atoms with Crippen molar-refractivity contribution in [2.24, 2.45) is 0 Å². The van der Waals surface area contributed by atoms with E-state index in [9.17, 15) is 19.7 Å². The van der Waals surface area contributed by atoms with Crippen molar-refractivity contribution in [3.63, 3.8) is 0 Å². The summed E-state index contributed by atoms with van der Waals surface area (Å²) in [4.78, 5) is 44.2. The summed E-state index contributed by atoms with van der Waals surface area (Å²) >= 11 is 0. The molecule has 0 aliphatic heterocycles. The third-order valence-electron chi connectivity index (χ3n) is 4.92. The molecule has 2 aromatic carbocycles. The number of nitro groups is 1. The lowest BCUT2D eigenvalue weighted by molar-refractivity contribution is -0.384. The van der Waals surface area contributed by atoms with Gasteiger partial charge in [-0.15, -0.1) is 0 Å². The summed E-state index contributed by atoms with van der Waals surface area (Å²) in [5.41, 5.74) is 2.23. The van der Waals surface area contributed by atoms with Gasteiger partial charge < -0.3 is 14.8 Å². The van der Waals surface area contributed by atoms with E-state index < -0.39 is 23.4 Å². The highest BCUT2D eigenvalue weighted by atomic mass is 16.6. The first kappa shape index (κ1) is 22.3. The fourth-order valence-corrected chi connectivity index (χ4v) is 3.31. The number of para-hydroxylation sites is 1. The predicted octanol–water partition coefficient (Wildman–Crippen LogP) is 4.01. The van der Waals surface area contributed by atoms with Crippen molar-refractivity contribution in [2.75, 3.05) is 19.0 Å². The van der Waals surface area contributed by atoms with Crippen LogP contribution in [0.1, 0.15) is 10.4 Å². The fourth-order valence-electron chi connectivity index (χ4n) is 3.31. The van der Waals surface area contributed by atoms with E-state index in [1.807, 2.05) is 6.07 Å². The molecule has 34 heavy (non-hydrogen) atoms. The molecule has 0 fully saturated rings. The van der Waals surface area contributed by atoms with Crippen LogP contribution in [0.3, 0.4) is 0 Å². The average molecular weight is 458 g/mol. The molecule has 0 spiro atoms. The maximum atomic E-state index is 12.9. The lowest BCUT2D eigenvalue weighted by Crippen LogP contribution is -2.21. The number of aromatic nitrogens is 2. The Morgan fingerprint density at radius 3 is 2.56 bits per heavy atom. The SMILES string of the molecule is COc1cc([N+](=O)[O-])ccc1NC(=O)COC(=O)c1cc(-c2ccncc2)nc2ccccc12. The fraction of sp³-hybridized carbons (Fsp3) is 0.0833. The van der Waals surface area contributed by atoms with Crippen LogP contribution in [-0.2, 0) is 9.53 Å². The number of hydrogen-bond donors (Lipinski definition) is 1. The van der Waals surface area contributed by atoms with Gasteiger partial charge in [-0.2, -0.15) is 0 Å². The Labute approximate surface area is 193 Å². The lowest BCUT2D eigenvalue weighted by Gasteiger charge is -2.12. The van der Waals surface area contributed by atoms with Gasteiger partial charge in [-0.05, 0) is 30.3 Å². The number of carbonyl (C=O) groups is 2. The molecule has 0 saturated carbocycles. The minimum absolute atomic E-state index is 0.107. The molecule has 10 nitrogen and oxygen atoms in total. The number of ether oxygens (including phenoxy) is 2. The number of rotatable bonds is 7. The first-order valence-corrected chi connectivity index (χ1v) is 10.1. The van der Waals surface area contributed by atoms with E-state index in [4.69, 9.17) is 9.47 Å². The standard InChI is InChI=1S/C24H18N4O6/c1-33-22-12-16(28(31)32)6-7-20(22)27-23(29)14-34-24(30)18-13-21(15-8-10-25-11-9-15)26-19-5-3-2-4-17(18)19/h2-13H,14H2,1H3,(H,27,29). The maximum Gasteiger partial charge on any atom is 0.339 e. The maximum absolute atomic E-state index is 12.9. The van der Waals surface area contributed by atoms with Crippen molar-refractivity contribution < 1.29 is 24.0 Å². The molecule has 4 rings (SSSR count). The molecule has 0 bridgehead atoms. The van der Waals surface area contributed by atoms with Gasteiger partial charge in [0, 0.05) is 29.4 Å². The molecule has 1 amide bonds. The summed E-state index contributed by atoms with van der Waals surface area (Å²) in [6.45, 7) is -0.569. The number of anilines is 1. The Balaban J connectivity index is 1.53. The number of hydrogen-bond acceptors (Lipinski definition) is 8. The van der Waals surface area contributed by atoms with E-state index in [1.54, 1.807) is 48.8 Å². The molecule has 1 N–H and O–H groups in total. The number of methoxy groups -OCH3 is 1. The second-order valence-corrected chi connectivity index (χ2v) is 7.07. The number of esters is 1. The number of carbonyl (C=O) groups excluding carboxylic acids is 2. The third kappa shape index (κ3) is 4.80. The summed E-state index contributed by atoms with van der Waals surface area (Å²) in [6, 6.07) is 16.0. The molecule has 10 heteroatoms. The summed E-state index contributed by atoms with van der Waals surface area (Å²) < 4.78 is 10.4. The van der Waals surface area contributed by atoms with E-state index in [2.05, 4.69) is 15.3 Å². The predicted molar refractivity (Wildman–Crippen MR) is 124 cm³/mol. The molecule has 0 radical (unpaired) electrons. The number of pyridine rings is 2. The van der Waals surface area contributed by atoms with Crippen LogP contribution in [0.2, 0.25) is 0 Å². The smallest absolute Gasteiger partial charge is 0.339 e. The van der Waals surface area contributed by atoms with Crippen LogP contribution < -0.4 is 10.1 Å². The molecule has 2 heterocycles. The van der Waals surface area contributed by atoms with Crippen LogP contribution in [0.4, 0.5) is 11.4 Å². The molecular weight excluding hydrogens is 440 g/mol. The van der Waals surface area contributed by atoms with Crippen molar-refractivity contribution in [3.8, 4) is 17.0 Å². The van der Waals surface area contributed by atoms with Gasteiger partial charge >= 0.3 is 5.97 Å². The third-order valence-corrected chi connectivity index (χ3v) is 4.92. The molecule has 4 aromatic rings. The van der Waals surface area contributed by atoms with Crippen LogP contribution in [0, 0.1) is 10.1 Å². The first-order valence-electron chi connectivity index (χ1n) is 10.1. The van der Waals surface area contributed by atoms with Gasteiger partial charge in [0.15, 0.2) is 6.61 Å². The van der Waals surface area contributed by atoms with Gasteiger partial charge in [0.1, 0.15) is 5.75 Å². The van der Waals surface area contributed by atoms with Crippen molar-refractivity contribution >= 4 is 34.2 Å². The van der Waals surface area contributed by atoms with E-state index in [1.165, 1.54) is 25.3 Å². The van der Waals surface area contributed by atoms with E-state index in [0.717, 1.165) is 5.56 Å². The molecule has 0 aliphatic carbocycles. The molecule has 0 saturated heterocycles. The highest BCUT2D eigenvalue weighted by Gasteiger charge is 2.18. The minimum Gasteiger partial charge on any atom is -0.494 e. The Kier molecular flexibility index (Phi) is 6.40. The van der Waals surface area contributed by atoms with E-state index in [0.29, 0.717) is 16.6 Å². The average Bonchev–Trinajstić information content (AvgIpc) is 2.87. The molecular formula is C24H18N4O6. The van der Waals surface area contributed by atoms with Crippen LogP contribution in [0.5, 0.6) is 5.75 Å². The largest absolute Gasteiger partial charge is 0.494 e. The van der Waals surface area contributed by atoms with Crippen molar-refractivity contribution in [2.45, 2.75) is 0 Å². The first-order chi connectivity index (χ1) is 16.5. The quantitative estimate of drug-likeness (QED) is 0.249. The summed E-state index contributed by atoms with van der Waals surface area (Å²) in [5, 5.41) is 14.0. The molecule has 170 valence electrons. The number of nitro benzene ring substituents is 1. The Bertz CT molecular complexity index is 1390. The van der Waals surface area contributed by atoms with Crippen LogP contribution in [0.15, 0.2) is 73.1 Å². The summed E-state index contributed by atoms with van der Waals surface area (Å²) in [5.74, 6) is -1.22. The molecule has 0 atom stereocenters. The van der Waals surface area contributed by atoms with Crippen molar-refractivity contribution in [1.82, 2.24) is 9.97 Å². The molecule has 0 aliphatic rings. The highest BCUT2D eigenvalue weighted by Crippen LogP contribution is 2.29. The van der Waals surface area contributed by atoms with Crippen LogP contribution >= 0.6 is 0 Å². The molecule has 2 aromatic heterocycles.